The minimum absolute atomic E-state index is 0.0300. The Balaban J connectivity index is 1.67. The number of nitrogens with one attached hydrogen (secondary N) is 1. The fourth-order valence-electron chi connectivity index (χ4n) is 2.85. The molecule has 0 atom stereocenters. The van der Waals surface area contributed by atoms with Crippen LogP contribution in [0, 0.1) is 0 Å². The van der Waals surface area contributed by atoms with Crippen LogP contribution in [0.5, 0.6) is 0 Å². The summed E-state index contributed by atoms with van der Waals surface area (Å²) in [6.45, 7) is 5.51. The second-order valence-corrected chi connectivity index (χ2v) is 6.00. The van der Waals surface area contributed by atoms with Gasteiger partial charge in [-0.05, 0) is 33.0 Å². The van der Waals surface area contributed by atoms with Crippen molar-refractivity contribution in [3.8, 4) is 0 Å². The Morgan fingerprint density at radius 2 is 1.71 bits per heavy atom. The van der Waals surface area contributed by atoms with E-state index in [9.17, 15) is 9.59 Å². The maximum Gasteiger partial charge on any atom is 0.317 e. The third-order valence-corrected chi connectivity index (χ3v) is 4.35. The molecule has 2 rings (SSSR count). The Kier molecular flexibility index (Phi) is 5.81. The molecular weight excluding hydrogens is 272 g/mol. The number of carbonyl (C=O) groups is 2. The van der Waals surface area contributed by atoms with Crippen LogP contribution in [0.2, 0.25) is 0 Å². The summed E-state index contributed by atoms with van der Waals surface area (Å²) in [4.78, 5) is 29.0. The van der Waals surface area contributed by atoms with Crippen LogP contribution in [-0.4, -0.2) is 90.7 Å². The zero-order valence-corrected chi connectivity index (χ0v) is 12.8. The first-order valence-corrected chi connectivity index (χ1v) is 7.72. The van der Waals surface area contributed by atoms with Crippen LogP contribution in [0.1, 0.15) is 19.3 Å². The third kappa shape index (κ3) is 5.17. The molecule has 0 aromatic rings. The zero-order valence-electron chi connectivity index (χ0n) is 12.8. The number of amides is 2. The molecule has 0 aromatic heterocycles. The summed E-state index contributed by atoms with van der Waals surface area (Å²) in [6.07, 6.45) is 2.20. The molecule has 2 amide bonds. The van der Waals surface area contributed by atoms with E-state index in [0.29, 0.717) is 25.7 Å². The van der Waals surface area contributed by atoms with Crippen molar-refractivity contribution in [1.29, 1.82) is 0 Å². The number of carboxylic acid groups (broad SMARTS) is 1. The van der Waals surface area contributed by atoms with Crippen molar-refractivity contribution >= 4 is 12.0 Å². The number of carbonyl (C=O) groups excluding carboxylic acids is 1. The van der Waals surface area contributed by atoms with E-state index in [-0.39, 0.29) is 12.5 Å². The van der Waals surface area contributed by atoms with E-state index < -0.39 is 5.97 Å². The number of piperidine rings is 1. The highest BCUT2D eigenvalue weighted by atomic mass is 16.4. The Bertz CT molecular complexity index is 361. The topological polar surface area (TPSA) is 76.1 Å². The molecule has 2 aliphatic rings. The van der Waals surface area contributed by atoms with E-state index in [1.165, 1.54) is 0 Å². The van der Waals surface area contributed by atoms with Gasteiger partial charge in [0, 0.05) is 38.8 Å². The van der Waals surface area contributed by atoms with E-state index in [1.54, 1.807) is 0 Å². The maximum absolute atomic E-state index is 12.2. The number of likely N-dealkylation sites (tertiary alicyclic amines) is 1. The highest BCUT2D eigenvalue weighted by Crippen LogP contribution is 2.10. The predicted octanol–water partition coefficient (Wildman–Crippen LogP) is -0.117. The number of urea groups is 1. The first-order valence-electron chi connectivity index (χ1n) is 7.72. The molecule has 0 aliphatic carbocycles. The van der Waals surface area contributed by atoms with Gasteiger partial charge in [0.2, 0.25) is 0 Å². The fourth-order valence-corrected chi connectivity index (χ4v) is 2.85. The molecule has 0 radical (unpaired) electrons. The largest absolute Gasteiger partial charge is 0.481 e. The second-order valence-electron chi connectivity index (χ2n) is 6.00. The number of rotatable bonds is 4. The second kappa shape index (κ2) is 7.61. The summed E-state index contributed by atoms with van der Waals surface area (Å²) in [5.41, 5.74) is 0. The van der Waals surface area contributed by atoms with Gasteiger partial charge in [-0.1, -0.05) is 0 Å². The molecule has 0 aromatic carbocycles. The molecule has 2 heterocycles. The molecule has 0 spiro atoms. The highest BCUT2D eigenvalue weighted by molar-refractivity contribution is 5.74. The lowest BCUT2D eigenvalue weighted by Gasteiger charge is -2.36. The molecule has 120 valence electrons. The molecule has 0 bridgehead atoms. The van der Waals surface area contributed by atoms with Gasteiger partial charge < -0.3 is 20.2 Å². The molecule has 7 heteroatoms. The number of aliphatic carboxylic acids is 1. The predicted molar refractivity (Wildman–Crippen MR) is 79.3 cm³/mol. The summed E-state index contributed by atoms with van der Waals surface area (Å²) in [5, 5.41) is 11.8. The van der Waals surface area contributed by atoms with E-state index in [4.69, 9.17) is 5.11 Å². The Hall–Kier alpha value is -1.34. The monoisotopic (exact) mass is 298 g/mol. The van der Waals surface area contributed by atoms with Crippen LogP contribution >= 0.6 is 0 Å². The average molecular weight is 298 g/mol. The maximum atomic E-state index is 12.2. The number of piperazine rings is 1. The van der Waals surface area contributed by atoms with E-state index in [2.05, 4.69) is 22.2 Å². The van der Waals surface area contributed by atoms with Crippen molar-refractivity contribution in [3.05, 3.63) is 0 Å². The van der Waals surface area contributed by atoms with Gasteiger partial charge >= 0.3 is 12.0 Å². The van der Waals surface area contributed by atoms with Crippen molar-refractivity contribution in [2.24, 2.45) is 0 Å². The molecular formula is C14H26N4O3. The lowest BCUT2D eigenvalue weighted by molar-refractivity contribution is -0.137. The van der Waals surface area contributed by atoms with Crippen molar-refractivity contribution in [2.75, 3.05) is 52.9 Å². The number of nitrogens with zero attached hydrogens (tertiary/aromatic N) is 3. The first kappa shape index (κ1) is 16.0. The standard InChI is InChI=1S/C14H26N4O3/c1-16-5-2-12(3-6-16)15-14(21)18-10-8-17(9-11-18)7-4-13(19)20/h12H,2-11H2,1H3,(H,15,21)(H,19,20). The molecule has 2 fully saturated rings. The van der Waals surface area contributed by atoms with Gasteiger partial charge in [-0.2, -0.15) is 0 Å². The summed E-state index contributed by atoms with van der Waals surface area (Å²) in [6, 6.07) is 0.321. The fraction of sp³-hybridized carbons (Fsp3) is 0.857. The Morgan fingerprint density at radius 3 is 2.29 bits per heavy atom. The highest BCUT2D eigenvalue weighted by Gasteiger charge is 2.24. The van der Waals surface area contributed by atoms with Crippen molar-refractivity contribution in [1.82, 2.24) is 20.0 Å². The van der Waals surface area contributed by atoms with Crippen molar-refractivity contribution in [2.45, 2.75) is 25.3 Å². The van der Waals surface area contributed by atoms with Gasteiger partial charge in [0.05, 0.1) is 6.42 Å². The molecule has 21 heavy (non-hydrogen) atoms. The van der Waals surface area contributed by atoms with Crippen LogP contribution < -0.4 is 5.32 Å². The Morgan fingerprint density at radius 1 is 1.10 bits per heavy atom. The summed E-state index contributed by atoms with van der Waals surface area (Å²) < 4.78 is 0. The summed E-state index contributed by atoms with van der Waals surface area (Å²) in [5.74, 6) is -0.766. The van der Waals surface area contributed by atoms with Crippen LogP contribution in [0.15, 0.2) is 0 Å². The summed E-state index contributed by atoms with van der Waals surface area (Å²) >= 11 is 0. The molecule has 2 saturated heterocycles. The van der Waals surface area contributed by atoms with Crippen molar-refractivity contribution in [3.63, 3.8) is 0 Å². The lowest BCUT2D eigenvalue weighted by Crippen LogP contribution is -2.54. The normalized spacial score (nSPS) is 22.2. The number of hydrogen-bond donors (Lipinski definition) is 2. The molecule has 0 saturated carbocycles. The first-order chi connectivity index (χ1) is 10.0. The molecule has 0 unspecified atom stereocenters. The van der Waals surface area contributed by atoms with E-state index in [1.807, 2.05) is 4.90 Å². The number of carboxylic acids is 1. The SMILES string of the molecule is CN1CCC(NC(=O)N2CCN(CCC(=O)O)CC2)CC1. The van der Waals surface area contributed by atoms with Gasteiger partial charge in [-0.25, -0.2) is 4.79 Å². The van der Waals surface area contributed by atoms with Gasteiger partial charge in [0.25, 0.3) is 0 Å². The summed E-state index contributed by atoms with van der Waals surface area (Å²) in [7, 11) is 2.11. The minimum atomic E-state index is -0.766. The van der Waals surface area contributed by atoms with Gasteiger partial charge in [-0.15, -0.1) is 0 Å². The molecule has 2 aliphatic heterocycles. The van der Waals surface area contributed by atoms with Crippen LogP contribution in [0.4, 0.5) is 4.79 Å². The lowest BCUT2D eigenvalue weighted by atomic mass is 10.1. The molecule has 7 nitrogen and oxygen atoms in total. The average Bonchev–Trinajstić information content (AvgIpc) is 2.48. The van der Waals surface area contributed by atoms with Gasteiger partial charge in [0.15, 0.2) is 0 Å². The minimum Gasteiger partial charge on any atom is -0.481 e. The van der Waals surface area contributed by atoms with E-state index >= 15 is 0 Å². The zero-order chi connectivity index (χ0) is 15.2. The van der Waals surface area contributed by atoms with Crippen LogP contribution in [0.3, 0.4) is 0 Å². The van der Waals surface area contributed by atoms with E-state index in [0.717, 1.165) is 39.0 Å². The van der Waals surface area contributed by atoms with Crippen LogP contribution in [-0.2, 0) is 4.79 Å². The Labute approximate surface area is 125 Å². The third-order valence-electron chi connectivity index (χ3n) is 4.35. The quantitative estimate of drug-likeness (QED) is 0.757. The molecule has 2 N–H and O–H groups in total. The number of hydrogen-bond acceptors (Lipinski definition) is 4. The van der Waals surface area contributed by atoms with Crippen molar-refractivity contribution < 1.29 is 14.7 Å². The van der Waals surface area contributed by atoms with Crippen LogP contribution in [0.25, 0.3) is 0 Å². The van der Waals surface area contributed by atoms with Gasteiger partial charge in [-0.3, -0.25) is 9.69 Å². The van der Waals surface area contributed by atoms with Gasteiger partial charge in [0.1, 0.15) is 0 Å². The smallest absolute Gasteiger partial charge is 0.317 e.